The Morgan fingerprint density at radius 1 is 0.188 bits per heavy atom. The van der Waals surface area contributed by atoms with E-state index in [4.69, 9.17) is 0 Å². The van der Waals surface area contributed by atoms with Gasteiger partial charge in [-0.25, -0.2) is 15.6 Å². The van der Waals surface area contributed by atoms with Gasteiger partial charge in [-0.2, -0.15) is 0 Å². The smallest absolute Gasteiger partial charge is 0.0651 e. The van der Waals surface area contributed by atoms with E-state index in [2.05, 4.69) is 307 Å². The molecule has 0 heterocycles. The molecule has 0 radical (unpaired) electrons. The Balaban J connectivity index is 6.15. The van der Waals surface area contributed by atoms with E-state index in [9.17, 15) is 0 Å². The van der Waals surface area contributed by atoms with Crippen LogP contribution in [-0.2, 0) is 0 Å². The van der Waals surface area contributed by atoms with E-state index in [0.717, 1.165) is 0 Å². The lowest BCUT2D eigenvalue weighted by Crippen LogP contribution is -2.83. The quantitative estimate of drug-likeness (QED) is 0.216. The molecule has 0 unspecified atom stereocenters. The minimum atomic E-state index is -2.24. The van der Waals surface area contributed by atoms with Crippen LogP contribution in [0, 0.1) is 0 Å². The molecular formula is C60H129Si9-3. The zero-order valence-electron chi connectivity index (χ0n) is 55.7. The van der Waals surface area contributed by atoms with E-state index in [-0.39, 0.29) is 60.5 Å². The first-order chi connectivity index (χ1) is 29.2. The average molecular weight is 1100 g/mol. The molecule has 69 heavy (non-hydrogen) atoms. The molecule has 1 aromatic rings. The highest BCUT2D eigenvalue weighted by Crippen LogP contribution is 2.64. The highest BCUT2D eigenvalue weighted by molar-refractivity contribution is 7.69. The highest BCUT2D eigenvalue weighted by Gasteiger charge is 2.60. The predicted octanol–water partition coefficient (Wildman–Crippen LogP) is 20.3. The van der Waals surface area contributed by atoms with E-state index in [1.54, 1.807) is 0 Å². The van der Waals surface area contributed by atoms with E-state index in [0.29, 0.717) is 0 Å². The standard InChI is InChI=1S/C60H129Si9/c1-49(2,3)64(37,50(4,5)6)61(65(38,51(7,8)9)52(10,11)12)46-43-47(62(66(39,53(13,14)15)54(16,17)18)67(40,55(19,20)21)56(22,23)24)45-48(44-46)63(68(41,57(25,26)27)58(28,29)30)69(42,59(31,32)33)60(34,35)36/h43-45H,1-42H3/q-3. The van der Waals surface area contributed by atoms with Gasteiger partial charge in [0.05, 0.1) is 0 Å². The van der Waals surface area contributed by atoms with E-state index in [1.807, 2.05) is 15.6 Å². The first-order valence-electron chi connectivity index (χ1n) is 28.0. The Morgan fingerprint density at radius 2 is 0.261 bits per heavy atom. The summed E-state index contributed by atoms with van der Waals surface area (Å²) in [5.74, 6) is 0. The van der Waals surface area contributed by atoms with Gasteiger partial charge in [0.1, 0.15) is 0 Å². The molecule has 0 atom stereocenters. The molecule has 408 valence electrons. The molecule has 0 bridgehead atoms. The van der Waals surface area contributed by atoms with Crippen LogP contribution in [0.4, 0.5) is 0 Å². The van der Waals surface area contributed by atoms with Gasteiger partial charge in [0.15, 0.2) is 0 Å². The zero-order chi connectivity index (χ0) is 56.6. The van der Waals surface area contributed by atoms with Crippen LogP contribution in [0.5, 0.6) is 0 Å². The molecule has 1 aromatic carbocycles. The number of hydrogen-bond donors (Lipinski definition) is 0. The van der Waals surface area contributed by atoms with Crippen molar-refractivity contribution in [1.29, 1.82) is 0 Å². The molecule has 0 N–H and O–H groups in total. The van der Waals surface area contributed by atoms with Gasteiger partial charge in [-0.3, -0.25) is 23.5 Å². The van der Waals surface area contributed by atoms with E-state index < -0.39 is 69.0 Å². The summed E-state index contributed by atoms with van der Waals surface area (Å²) in [6.45, 7) is 116. The maximum Gasteiger partial charge on any atom is -0.0651 e. The second-order valence-corrected chi connectivity index (χ2v) is 104. The Bertz CT molecular complexity index is 1490. The van der Waals surface area contributed by atoms with Gasteiger partial charge in [-0.1, -0.05) is 395 Å². The summed E-state index contributed by atoms with van der Waals surface area (Å²) in [6, 6.07) is 9.51. The number of benzene rings is 1. The zero-order valence-corrected chi connectivity index (χ0v) is 64.7. The normalized spacial score (nSPS) is 16.3. The van der Waals surface area contributed by atoms with Crippen LogP contribution in [0.3, 0.4) is 0 Å². The average Bonchev–Trinajstić information content (AvgIpc) is 3.01. The van der Waals surface area contributed by atoms with Crippen LogP contribution in [-0.4, -0.2) is 69.0 Å². The summed E-state index contributed by atoms with van der Waals surface area (Å²) >= 11 is 0. The van der Waals surface area contributed by atoms with Crippen LogP contribution >= 0.6 is 0 Å². The molecule has 0 fully saturated rings. The Hall–Kier alpha value is 1.17. The lowest BCUT2D eigenvalue weighted by Gasteiger charge is -2.77. The fourth-order valence-electron chi connectivity index (χ4n) is 15.5. The Morgan fingerprint density at radius 3 is 0.319 bits per heavy atom. The minimum absolute atomic E-state index is 0.225. The fraction of sp³-hybridized carbons (Fsp3) is 0.900. The second kappa shape index (κ2) is 19.0. The summed E-state index contributed by atoms with van der Waals surface area (Å²) in [7, 11) is -17.1. The predicted molar refractivity (Wildman–Crippen MR) is 349 cm³/mol. The Labute approximate surface area is 448 Å². The minimum Gasteiger partial charge on any atom is -0.278 e. The van der Waals surface area contributed by atoms with Crippen LogP contribution in [0.25, 0.3) is 0 Å². The highest BCUT2D eigenvalue weighted by atomic mass is 29.6. The summed E-state index contributed by atoms with van der Waals surface area (Å²) in [5.41, 5.74) is 0. The lowest BCUT2D eigenvalue weighted by molar-refractivity contribution is 0.625. The van der Waals surface area contributed by atoms with Crippen molar-refractivity contribution < 1.29 is 0 Å². The largest absolute Gasteiger partial charge is 0.278 e. The van der Waals surface area contributed by atoms with Crippen molar-refractivity contribution in [1.82, 2.24) is 0 Å². The van der Waals surface area contributed by atoms with E-state index in [1.165, 1.54) is 0 Å². The van der Waals surface area contributed by atoms with Gasteiger partial charge in [-0.15, -0.1) is 18.2 Å². The van der Waals surface area contributed by atoms with Crippen LogP contribution < -0.4 is 15.6 Å². The molecule has 0 aliphatic rings. The SMILES string of the molecule is CC(C)(C)[Si](C)([Si-](c1cc([Si-]([Si](C)(C(C)(C)C)C(C)(C)C)[Si](C)(C(C)(C)C)C(C)(C)C)cc([Si-]([Si](C)(C(C)(C)C)C(C)(C)C)[Si](C)(C(C)(C)C)C(C)(C)C)c1)[Si](C)(C(C)(C)C)C(C)(C)C)C(C)(C)C. The van der Waals surface area contributed by atoms with Gasteiger partial charge in [0, 0.05) is 0 Å². The third-order valence-electron chi connectivity index (χ3n) is 22.8. The molecule has 9 heteroatoms. The summed E-state index contributed by atoms with van der Waals surface area (Å²) in [5, 5.41) is 8.46. The number of rotatable bonds is 9. The van der Waals surface area contributed by atoms with Gasteiger partial charge in [0.2, 0.25) is 0 Å². The molecule has 0 amide bonds. The molecule has 0 nitrogen and oxygen atoms in total. The Kier molecular flexibility index (Phi) is 18.7. The summed E-state index contributed by atoms with van der Waals surface area (Å²) in [6.07, 6.45) is 0. The van der Waals surface area contributed by atoms with Gasteiger partial charge in [0.25, 0.3) is 0 Å². The maximum absolute atomic E-state index is 3.17. The van der Waals surface area contributed by atoms with Crippen molar-refractivity contribution in [2.24, 2.45) is 0 Å². The van der Waals surface area contributed by atoms with Crippen molar-refractivity contribution in [3.63, 3.8) is 0 Å². The topological polar surface area (TPSA) is 0 Å². The molecule has 0 spiro atoms. The van der Waals surface area contributed by atoms with Crippen LogP contribution in [0.2, 0.25) is 99.7 Å². The summed E-state index contributed by atoms with van der Waals surface area (Å²) in [4.78, 5) is 0. The number of hydrogen-bond acceptors (Lipinski definition) is 0. The molecule has 0 aliphatic carbocycles. The fourth-order valence-corrected chi connectivity index (χ4v) is 163. The first kappa shape index (κ1) is 68.2. The third kappa shape index (κ3) is 10.9. The van der Waals surface area contributed by atoms with Crippen molar-refractivity contribution in [2.45, 2.75) is 349 Å². The monoisotopic (exact) mass is 1100 g/mol. The molecule has 0 aromatic heterocycles. The van der Waals surface area contributed by atoms with Crippen LogP contribution in [0.15, 0.2) is 18.2 Å². The van der Waals surface area contributed by atoms with Gasteiger partial charge in [-0.05, 0) is 0 Å². The second-order valence-electron chi connectivity index (χ2n) is 36.7. The van der Waals surface area contributed by atoms with Gasteiger partial charge < -0.3 is 0 Å². The van der Waals surface area contributed by atoms with Gasteiger partial charge >= 0.3 is 0 Å². The van der Waals surface area contributed by atoms with Crippen molar-refractivity contribution in [3.8, 4) is 0 Å². The van der Waals surface area contributed by atoms with Crippen LogP contribution in [0.1, 0.15) is 249 Å². The first-order valence-corrected chi connectivity index (χ1v) is 53.5. The van der Waals surface area contributed by atoms with E-state index >= 15 is 0 Å². The molecule has 0 saturated heterocycles. The van der Waals surface area contributed by atoms with Crippen molar-refractivity contribution in [3.05, 3.63) is 18.2 Å². The van der Waals surface area contributed by atoms with Crippen molar-refractivity contribution >= 4 is 84.6 Å². The molecule has 1 rings (SSSR count). The summed E-state index contributed by atoms with van der Waals surface area (Å²) < 4.78 is 0. The lowest BCUT2D eigenvalue weighted by atomic mass is 10.2. The molecule has 0 saturated carbocycles. The van der Waals surface area contributed by atoms with Crippen molar-refractivity contribution in [2.75, 3.05) is 0 Å². The third-order valence-corrected chi connectivity index (χ3v) is 145. The maximum atomic E-state index is 3.17. The molecule has 0 aliphatic heterocycles. The molecular weight excluding hydrogens is 973 g/mol.